The van der Waals surface area contributed by atoms with Crippen LogP contribution in [0.3, 0.4) is 0 Å². The van der Waals surface area contributed by atoms with Crippen molar-refractivity contribution in [3.63, 3.8) is 0 Å². The smallest absolute Gasteiger partial charge is 0.0469 e. The zero-order valence-corrected chi connectivity index (χ0v) is 10.2. The summed E-state index contributed by atoms with van der Waals surface area (Å²) in [5.41, 5.74) is 0. The van der Waals surface area contributed by atoms with Gasteiger partial charge in [-0.15, -0.1) is 0 Å². The average Bonchev–Trinajstić information content (AvgIpc) is 2.25. The molecule has 1 saturated heterocycles. The van der Waals surface area contributed by atoms with Crippen LogP contribution in [-0.4, -0.2) is 37.3 Å². The van der Waals surface area contributed by atoms with Crippen molar-refractivity contribution in [1.82, 2.24) is 5.32 Å². The first-order chi connectivity index (χ1) is 6.88. The highest BCUT2D eigenvalue weighted by Crippen LogP contribution is 2.21. The molecule has 1 heterocycles. The molecule has 0 radical (unpaired) electrons. The number of hydrogen-bond acceptors (Lipinski definition) is 3. The van der Waals surface area contributed by atoms with Gasteiger partial charge >= 0.3 is 0 Å². The van der Waals surface area contributed by atoms with E-state index >= 15 is 0 Å². The maximum atomic E-state index is 5.40. The normalized spacial score (nSPS) is 21.0. The zero-order valence-electron chi connectivity index (χ0n) is 9.42. The second-order valence-corrected chi connectivity index (χ2v) is 5.09. The van der Waals surface area contributed by atoms with Crippen molar-refractivity contribution in [2.24, 2.45) is 5.92 Å². The van der Waals surface area contributed by atoms with E-state index in [0.717, 1.165) is 25.7 Å². The standard InChI is InChI=1S/C11H23NOS/c1-3-12-11(9-14-4-2)10-5-7-13-8-6-10/h10-12H,3-9H2,1-2H3. The molecule has 0 aromatic carbocycles. The lowest BCUT2D eigenvalue weighted by molar-refractivity contribution is 0.0568. The van der Waals surface area contributed by atoms with Crippen LogP contribution in [0.15, 0.2) is 0 Å². The van der Waals surface area contributed by atoms with Crippen LogP contribution >= 0.6 is 11.8 Å². The summed E-state index contributed by atoms with van der Waals surface area (Å²) in [5.74, 6) is 3.32. The Labute approximate surface area is 92.2 Å². The maximum absolute atomic E-state index is 5.40. The second-order valence-electron chi connectivity index (χ2n) is 3.77. The minimum atomic E-state index is 0.703. The van der Waals surface area contributed by atoms with Crippen molar-refractivity contribution < 1.29 is 4.74 Å². The van der Waals surface area contributed by atoms with Gasteiger partial charge in [0.1, 0.15) is 0 Å². The van der Waals surface area contributed by atoms with Crippen LogP contribution in [0.2, 0.25) is 0 Å². The average molecular weight is 217 g/mol. The SMILES string of the molecule is CCNC(CSCC)C1CCOCC1. The van der Waals surface area contributed by atoms with E-state index in [2.05, 4.69) is 19.2 Å². The Balaban J connectivity index is 2.30. The molecule has 2 nitrogen and oxygen atoms in total. The molecule has 1 aliphatic heterocycles. The Hall–Kier alpha value is 0.270. The Bertz CT molecular complexity index is 137. The highest BCUT2D eigenvalue weighted by atomic mass is 32.2. The quantitative estimate of drug-likeness (QED) is 0.736. The minimum Gasteiger partial charge on any atom is -0.381 e. The van der Waals surface area contributed by atoms with E-state index in [0.29, 0.717) is 6.04 Å². The number of nitrogens with one attached hydrogen (secondary N) is 1. The topological polar surface area (TPSA) is 21.3 Å². The second kappa shape index (κ2) is 7.55. The largest absolute Gasteiger partial charge is 0.381 e. The van der Waals surface area contributed by atoms with Crippen LogP contribution < -0.4 is 5.32 Å². The summed E-state index contributed by atoms with van der Waals surface area (Å²) >= 11 is 2.05. The predicted molar refractivity (Wildman–Crippen MR) is 64.0 cm³/mol. The maximum Gasteiger partial charge on any atom is 0.0469 e. The molecule has 1 atom stereocenters. The van der Waals surface area contributed by atoms with Gasteiger partial charge in [0.25, 0.3) is 0 Å². The highest BCUT2D eigenvalue weighted by molar-refractivity contribution is 7.99. The van der Waals surface area contributed by atoms with Crippen LogP contribution in [0.25, 0.3) is 0 Å². The summed E-state index contributed by atoms with van der Waals surface area (Å²) in [6.07, 6.45) is 2.48. The van der Waals surface area contributed by atoms with Crippen molar-refractivity contribution in [2.45, 2.75) is 32.7 Å². The van der Waals surface area contributed by atoms with Crippen molar-refractivity contribution in [3.05, 3.63) is 0 Å². The molecular formula is C11H23NOS. The van der Waals surface area contributed by atoms with Gasteiger partial charge < -0.3 is 10.1 Å². The molecule has 0 aliphatic carbocycles. The van der Waals surface area contributed by atoms with Gasteiger partial charge in [0.2, 0.25) is 0 Å². The van der Waals surface area contributed by atoms with Crippen LogP contribution in [0, 0.1) is 5.92 Å². The molecule has 1 unspecified atom stereocenters. The highest BCUT2D eigenvalue weighted by Gasteiger charge is 2.22. The zero-order chi connectivity index (χ0) is 10.2. The number of ether oxygens (including phenoxy) is 1. The van der Waals surface area contributed by atoms with Gasteiger partial charge in [-0.2, -0.15) is 11.8 Å². The first kappa shape index (κ1) is 12.3. The van der Waals surface area contributed by atoms with Crippen molar-refractivity contribution in [3.8, 4) is 0 Å². The third kappa shape index (κ3) is 4.20. The Morgan fingerprint density at radius 3 is 2.64 bits per heavy atom. The Morgan fingerprint density at radius 2 is 2.07 bits per heavy atom. The first-order valence-corrected chi connectivity index (χ1v) is 6.92. The van der Waals surface area contributed by atoms with E-state index in [1.54, 1.807) is 0 Å². The molecule has 1 rings (SSSR count). The molecule has 0 aromatic rings. The van der Waals surface area contributed by atoms with Crippen LogP contribution in [-0.2, 0) is 4.74 Å². The lowest BCUT2D eigenvalue weighted by Crippen LogP contribution is -2.40. The third-order valence-corrected chi connectivity index (χ3v) is 3.81. The van der Waals surface area contributed by atoms with Gasteiger partial charge in [0.15, 0.2) is 0 Å². The lowest BCUT2D eigenvalue weighted by Gasteiger charge is -2.30. The minimum absolute atomic E-state index is 0.703. The molecule has 0 bridgehead atoms. The molecule has 84 valence electrons. The fourth-order valence-corrected chi connectivity index (χ4v) is 2.87. The molecule has 0 saturated carbocycles. The summed E-state index contributed by atoms with van der Waals surface area (Å²) in [7, 11) is 0. The fraction of sp³-hybridized carbons (Fsp3) is 1.00. The number of thioether (sulfide) groups is 1. The van der Waals surface area contributed by atoms with E-state index in [1.165, 1.54) is 24.3 Å². The molecule has 1 N–H and O–H groups in total. The van der Waals surface area contributed by atoms with E-state index in [-0.39, 0.29) is 0 Å². The van der Waals surface area contributed by atoms with Crippen molar-refractivity contribution in [2.75, 3.05) is 31.3 Å². The van der Waals surface area contributed by atoms with Crippen molar-refractivity contribution >= 4 is 11.8 Å². The van der Waals surface area contributed by atoms with Crippen LogP contribution in [0.4, 0.5) is 0 Å². The molecule has 14 heavy (non-hydrogen) atoms. The summed E-state index contributed by atoms with van der Waals surface area (Å²) in [6, 6.07) is 0.703. The Kier molecular flexibility index (Phi) is 6.65. The first-order valence-electron chi connectivity index (χ1n) is 5.77. The molecular weight excluding hydrogens is 194 g/mol. The van der Waals surface area contributed by atoms with Gasteiger partial charge in [0, 0.05) is 25.0 Å². The molecule has 0 amide bonds. The molecule has 0 aromatic heterocycles. The summed E-state index contributed by atoms with van der Waals surface area (Å²) in [4.78, 5) is 0. The predicted octanol–water partition coefficient (Wildman–Crippen LogP) is 2.14. The summed E-state index contributed by atoms with van der Waals surface area (Å²) in [6.45, 7) is 7.44. The molecule has 1 aliphatic rings. The van der Waals surface area contributed by atoms with Gasteiger partial charge in [-0.1, -0.05) is 13.8 Å². The monoisotopic (exact) mass is 217 g/mol. The van der Waals surface area contributed by atoms with E-state index in [1.807, 2.05) is 11.8 Å². The molecule has 3 heteroatoms. The fourth-order valence-electron chi connectivity index (χ4n) is 1.99. The van der Waals surface area contributed by atoms with E-state index in [4.69, 9.17) is 4.74 Å². The van der Waals surface area contributed by atoms with Crippen LogP contribution in [0.1, 0.15) is 26.7 Å². The van der Waals surface area contributed by atoms with Gasteiger partial charge in [-0.3, -0.25) is 0 Å². The summed E-state index contributed by atoms with van der Waals surface area (Å²) in [5, 5.41) is 3.61. The summed E-state index contributed by atoms with van der Waals surface area (Å²) < 4.78 is 5.40. The lowest BCUT2D eigenvalue weighted by atomic mass is 9.93. The number of rotatable bonds is 6. The number of hydrogen-bond donors (Lipinski definition) is 1. The Morgan fingerprint density at radius 1 is 1.36 bits per heavy atom. The van der Waals surface area contributed by atoms with Gasteiger partial charge in [0.05, 0.1) is 0 Å². The van der Waals surface area contributed by atoms with E-state index in [9.17, 15) is 0 Å². The van der Waals surface area contributed by atoms with Gasteiger partial charge in [-0.25, -0.2) is 0 Å². The van der Waals surface area contributed by atoms with Gasteiger partial charge in [-0.05, 0) is 31.1 Å². The van der Waals surface area contributed by atoms with Crippen LogP contribution in [0.5, 0.6) is 0 Å². The molecule has 0 spiro atoms. The molecule has 1 fully saturated rings. The van der Waals surface area contributed by atoms with Crippen molar-refractivity contribution in [1.29, 1.82) is 0 Å². The van der Waals surface area contributed by atoms with E-state index < -0.39 is 0 Å². The third-order valence-electron chi connectivity index (χ3n) is 2.80.